The van der Waals surface area contributed by atoms with Crippen LogP contribution in [0.3, 0.4) is 0 Å². The number of anilines is 1. The maximum Gasteiger partial charge on any atom is 0.0994 e. The third-order valence-corrected chi connectivity index (χ3v) is 9.19. The Balaban J connectivity index is 1.42. The molecule has 0 radical (unpaired) electrons. The molecule has 4 aliphatic rings. The lowest BCUT2D eigenvalue weighted by Crippen LogP contribution is -2.48. The predicted molar refractivity (Wildman–Crippen MR) is 130 cm³/mol. The Kier molecular flexibility index (Phi) is 5.00. The maximum atomic E-state index is 9.54. The van der Waals surface area contributed by atoms with Gasteiger partial charge < -0.3 is 9.80 Å². The number of hydrogen-bond acceptors (Lipinski definition) is 4. The van der Waals surface area contributed by atoms with Crippen LogP contribution in [0.25, 0.3) is 11.1 Å². The average molecular weight is 430 g/mol. The van der Waals surface area contributed by atoms with Gasteiger partial charge in [-0.15, -0.1) is 0 Å². The number of benzene rings is 2. The molecule has 3 nitrogen and oxygen atoms in total. The molecule has 2 fully saturated rings. The number of hydrogen-bond donors (Lipinski definition) is 0. The molecule has 1 saturated heterocycles. The zero-order valence-electron chi connectivity index (χ0n) is 18.4. The van der Waals surface area contributed by atoms with Crippen LogP contribution in [-0.2, 0) is 5.75 Å². The Bertz CT molecular complexity index is 1050. The number of nitriles is 1. The Morgan fingerprint density at radius 2 is 2.06 bits per heavy atom. The van der Waals surface area contributed by atoms with Crippen molar-refractivity contribution in [2.75, 3.05) is 36.8 Å². The van der Waals surface area contributed by atoms with E-state index in [0.29, 0.717) is 12.0 Å². The van der Waals surface area contributed by atoms with Gasteiger partial charge in [-0.1, -0.05) is 18.6 Å². The third kappa shape index (κ3) is 3.29. The molecule has 0 spiro atoms. The van der Waals surface area contributed by atoms with Crippen molar-refractivity contribution >= 4 is 17.4 Å². The van der Waals surface area contributed by atoms with E-state index in [1.807, 2.05) is 12.1 Å². The average Bonchev–Trinajstić information content (AvgIpc) is 2.91. The number of thioether (sulfide) groups is 1. The highest BCUT2D eigenvalue weighted by Gasteiger charge is 2.44. The zero-order valence-corrected chi connectivity index (χ0v) is 19.3. The molecule has 1 saturated carbocycles. The van der Waals surface area contributed by atoms with Crippen LogP contribution in [0.1, 0.15) is 53.9 Å². The van der Waals surface area contributed by atoms with Crippen LogP contribution in [0, 0.1) is 24.2 Å². The summed E-state index contributed by atoms with van der Waals surface area (Å²) in [5.74, 6) is 3.91. The van der Waals surface area contributed by atoms with Crippen molar-refractivity contribution in [3.8, 4) is 17.2 Å². The number of piperidine rings is 1. The molecule has 2 aromatic carbocycles. The highest BCUT2D eigenvalue weighted by atomic mass is 32.2. The Morgan fingerprint density at radius 3 is 2.87 bits per heavy atom. The summed E-state index contributed by atoms with van der Waals surface area (Å²) in [6.07, 6.45) is 5.61. The van der Waals surface area contributed by atoms with E-state index >= 15 is 0 Å². The Labute approximate surface area is 190 Å². The van der Waals surface area contributed by atoms with Gasteiger partial charge in [-0.3, -0.25) is 0 Å². The van der Waals surface area contributed by atoms with Crippen molar-refractivity contribution in [1.29, 1.82) is 5.26 Å². The first-order chi connectivity index (χ1) is 15.2. The summed E-state index contributed by atoms with van der Waals surface area (Å²) in [5, 5.41) is 9.54. The van der Waals surface area contributed by atoms with E-state index in [-0.39, 0.29) is 0 Å². The molecule has 4 heteroatoms. The van der Waals surface area contributed by atoms with Crippen LogP contribution in [0.4, 0.5) is 5.69 Å². The minimum Gasteiger partial charge on any atom is -0.367 e. The van der Waals surface area contributed by atoms with E-state index in [1.165, 1.54) is 74.3 Å². The summed E-state index contributed by atoms with van der Waals surface area (Å²) in [5.41, 5.74) is 9.09. The summed E-state index contributed by atoms with van der Waals surface area (Å²) in [6, 6.07) is 14.1. The van der Waals surface area contributed by atoms with Crippen LogP contribution in [0.2, 0.25) is 0 Å². The summed E-state index contributed by atoms with van der Waals surface area (Å²) in [4.78, 5) is 5.55. The van der Waals surface area contributed by atoms with Gasteiger partial charge in [0.25, 0.3) is 0 Å². The number of likely N-dealkylation sites (tertiary alicyclic amines) is 1. The lowest BCUT2D eigenvalue weighted by Gasteiger charge is -2.41. The molecule has 0 bridgehead atoms. The number of rotatable bonds is 3. The minimum absolute atomic E-state index is 0.630. The lowest BCUT2D eigenvalue weighted by molar-refractivity contribution is 0.136. The van der Waals surface area contributed by atoms with Crippen LogP contribution in [0.5, 0.6) is 0 Å². The Hall–Kier alpha value is -1.96. The second-order valence-corrected chi connectivity index (χ2v) is 11.0. The third-order valence-electron chi connectivity index (χ3n) is 8.21. The minimum atomic E-state index is 0.630. The van der Waals surface area contributed by atoms with Crippen molar-refractivity contribution in [2.45, 2.75) is 50.3 Å². The molecule has 2 atom stereocenters. The molecule has 31 heavy (non-hydrogen) atoms. The molecule has 3 aliphatic heterocycles. The van der Waals surface area contributed by atoms with E-state index in [2.05, 4.69) is 52.8 Å². The largest absolute Gasteiger partial charge is 0.367 e. The molecule has 0 N–H and O–H groups in total. The molecule has 3 heterocycles. The normalized spacial score (nSPS) is 25.4. The quantitative estimate of drug-likeness (QED) is 0.639. The van der Waals surface area contributed by atoms with E-state index in [9.17, 15) is 5.26 Å². The van der Waals surface area contributed by atoms with E-state index in [4.69, 9.17) is 0 Å². The summed E-state index contributed by atoms with van der Waals surface area (Å²) >= 11 is 2.08. The highest BCUT2D eigenvalue weighted by Crippen LogP contribution is 2.50. The fraction of sp³-hybridized carbons (Fsp3) is 0.519. The number of fused-ring (bicyclic) bond motifs is 3. The van der Waals surface area contributed by atoms with Crippen LogP contribution < -0.4 is 4.90 Å². The Morgan fingerprint density at radius 1 is 1.16 bits per heavy atom. The van der Waals surface area contributed by atoms with Gasteiger partial charge in [0.05, 0.1) is 11.6 Å². The van der Waals surface area contributed by atoms with Gasteiger partial charge in [0.15, 0.2) is 0 Å². The standard InChI is InChI=1S/C27H31N3S/c1-18-20(14-28)6-3-7-23(18)21-12-22-17-31-11-10-30-26-8-9-29(15-19-4-2-5-19)16-25(26)24(13-21)27(22)30/h3,6-7,12-13,19,25-26H,2,4-5,8-11,15-17H2,1H3/t25-,26-/m0/s1. The molecule has 6 rings (SSSR count). The van der Waals surface area contributed by atoms with Crippen molar-refractivity contribution < 1.29 is 0 Å². The SMILES string of the molecule is Cc1c(C#N)cccc1-c1cc2c3c(c1)[C@@H]1CN(CC4CCC4)CC[C@@H]1N3CCSC2. The first kappa shape index (κ1) is 19.7. The number of nitrogens with zero attached hydrogens (tertiary/aromatic N) is 3. The molecule has 0 unspecified atom stereocenters. The van der Waals surface area contributed by atoms with Crippen molar-refractivity contribution in [3.63, 3.8) is 0 Å². The van der Waals surface area contributed by atoms with Crippen molar-refractivity contribution in [1.82, 2.24) is 4.90 Å². The highest BCUT2D eigenvalue weighted by molar-refractivity contribution is 7.98. The van der Waals surface area contributed by atoms with Crippen LogP contribution >= 0.6 is 11.8 Å². The van der Waals surface area contributed by atoms with Gasteiger partial charge in [0.1, 0.15) is 0 Å². The van der Waals surface area contributed by atoms with Gasteiger partial charge in [-0.05, 0) is 78.1 Å². The molecule has 160 valence electrons. The molecule has 0 aromatic heterocycles. The van der Waals surface area contributed by atoms with Gasteiger partial charge >= 0.3 is 0 Å². The second-order valence-electron chi connectivity index (χ2n) is 9.93. The van der Waals surface area contributed by atoms with Crippen molar-refractivity contribution in [3.05, 3.63) is 52.6 Å². The van der Waals surface area contributed by atoms with E-state index < -0.39 is 0 Å². The molecule has 1 aliphatic carbocycles. The monoisotopic (exact) mass is 429 g/mol. The summed E-state index contributed by atoms with van der Waals surface area (Å²) in [6.45, 7) is 7.09. The van der Waals surface area contributed by atoms with Gasteiger partial charge in [-0.2, -0.15) is 17.0 Å². The molecule has 2 aromatic rings. The maximum absolute atomic E-state index is 9.54. The fourth-order valence-electron chi connectivity index (χ4n) is 6.37. The lowest BCUT2D eigenvalue weighted by atomic mass is 9.82. The fourth-order valence-corrected chi connectivity index (χ4v) is 7.28. The van der Waals surface area contributed by atoms with Crippen molar-refractivity contribution in [2.24, 2.45) is 5.92 Å². The smallest absolute Gasteiger partial charge is 0.0994 e. The topological polar surface area (TPSA) is 30.3 Å². The molecule has 0 amide bonds. The summed E-state index contributed by atoms with van der Waals surface area (Å²) in [7, 11) is 0. The molecular formula is C27H31N3S. The van der Waals surface area contributed by atoms with Crippen LogP contribution in [0.15, 0.2) is 30.3 Å². The first-order valence-electron chi connectivity index (χ1n) is 12.0. The zero-order chi connectivity index (χ0) is 20.9. The van der Waals surface area contributed by atoms with E-state index in [1.54, 1.807) is 11.3 Å². The predicted octanol–water partition coefficient (Wildman–Crippen LogP) is 5.56. The van der Waals surface area contributed by atoms with Gasteiger partial charge in [0.2, 0.25) is 0 Å². The van der Waals surface area contributed by atoms with E-state index in [0.717, 1.165) is 22.8 Å². The van der Waals surface area contributed by atoms with Crippen LogP contribution in [-0.4, -0.2) is 42.9 Å². The first-order valence-corrected chi connectivity index (χ1v) is 13.1. The summed E-state index contributed by atoms with van der Waals surface area (Å²) < 4.78 is 0. The van der Waals surface area contributed by atoms with Gasteiger partial charge in [-0.25, -0.2) is 0 Å². The molecular weight excluding hydrogens is 398 g/mol. The van der Waals surface area contributed by atoms with Gasteiger partial charge in [0, 0.05) is 55.3 Å². The second kappa shape index (κ2) is 7.87.